The molecule has 11 heteroatoms. The Labute approximate surface area is 183 Å². The minimum absolute atomic E-state index is 0.0976. The Bertz CT molecular complexity index is 793. The number of esters is 1. The number of ether oxygens (including phenoxy) is 2. The molecule has 0 aliphatic carbocycles. The lowest BCUT2D eigenvalue weighted by molar-refractivity contribution is -0.144. The van der Waals surface area contributed by atoms with E-state index in [0.29, 0.717) is 35.3 Å². The molecule has 1 atom stereocenters. The molecule has 29 heavy (non-hydrogen) atoms. The third-order valence-electron chi connectivity index (χ3n) is 4.13. The highest BCUT2D eigenvalue weighted by Crippen LogP contribution is 2.27. The van der Waals surface area contributed by atoms with Gasteiger partial charge in [-0.05, 0) is 36.8 Å². The number of hydrogen-bond acceptors (Lipinski definition) is 6. The summed E-state index contributed by atoms with van der Waals surface area (Å²) in [6, 6.07) is 4.07. The third-order valence-corrected chi connectivity index (χ3v) is 4.99. The van der Waals surface area contributed by atoms with Crippen LogP contribution in [0, 0.1) is 0 Å². The lowest BCUT2D eigenvalue weighted by Gasteiger charge is -2.36. The zero-order valence-corrected chi connectivity index (χ0v) is 18.0. The van der Waals surface area contributed by atoms with E-state index in [0.717, 1.165) is 0 Å². The Hall–Kier alpha value is -2.10. The molecule has 1 aliphatic rings. The van der Waals surface area contributed by atoms with Crippen molar-refractivity contribution in [2.45, 2.75) is 25.3 Å². The molecule has 1 aliphatic heterocycles. The quantitative estimate of drug-likeness (QED) is 0.363. The average molecular weight is 462 g/mol. The van der Waals surface area contributed by atoms with E-state index in [9.17, 15) is 14.4 Å². The number of methoxy groups -OCH3 is 1. The molecule has 1 aromatic rings. The molecule has 2 N–H and O–H groups in total. The van der Waals surface area contributed by atoms with Crippen molar-refractivity contribution < 1.29 is 23.9 Å². The largest absolute Gasteiger partial charge is 0.492 e. The van der Waals surface area contributed by atoms with E-state index in [2.05, 4.69) is 15.4 Å². The number of nitrogens with zero attached hydrogens (tertiary/aromatic N) is 1. The smallest absolute Gasteiger partial charge is 0.308 e. The van der Waals surface area contributed by atoms with Crippen molar-refractivity contribution in [3.63, 3.8) is 0 Å². The lowest BCUT2D eigenvalue weighted by Crippen LogP contribution is -2.60. The van der Waals surface area contributed by atoms with Gasteiger partial charge in [0.15, 0.2) is 5.11 Å². The second kappa shape index (κ2) is 11.2. The summed E-state index contributed by atoms with van der Waals surface area (Å²) in [6.07, 6.45) is 0.431. The average Bonchev–Trinajstić information content (AvgIpc) is 2.67. The maximum Gasteiger partial charge on any atom is 0.308 e. The van der Waals surface area contributed by atoms with E-state index in [4.69, 9.17) is 40.2 Å². The zero-order chi connectivity index (χ0) is 21.4. The van der Waals surface area contributed by atoms with Gasteiger partial charge in [0.2, 0.25) is 11.8 Å². The second-order valence-corrected chi connectivity index (χ2v) is 7.39. The monoisotopic (exact) mass is 461 g/mol. The number of thiocarbonyl (C=S) groups is 1. The Morgan fingerprint density at radius 3 is 2.83 bits per heavy atom. The van der Waals surface area contributed by atoms with Crippen LogP contribution in [0.1, 0.15) is 19.3 Å². The lowest BCUT2D eigenvalue weighted by atomic mass is 10.1. The van der Waals surface area contributed by atoms with Crippen LogP contribution in [0.3, 0.4) is 0 Å². The molecule has 158 valence electrons. The standard InChI is InChI=1S/C18H21Cl2N3O5S/c1-27-16(25)10-13-17(26)21-6-7-23(13)18(29)22-15(24)3-2-8-28-14-5-4-11(19)9-12(14)20/h4-5,9,13H,2-3,6-8,10H2,1H3,(H,21,26)(H,22,24,29)/t13-/m1/s1. The second-order valence-electron chi connectivity index (χ2n) is 6.16. The van der Waals surface area contributed by atoms with Crippen molar-refractivity contribution in [2.24, 2.45) is 0 Å². The molecule has 0 unspecified atom stereocenters. The molecule has 1 heterocycles. The maximum atomic E-state index is 12.2. The molecule has 8 nitrogen and oxygen atoms in total. The van der Waals surface area contributed by atoms with Crippen LogP contribution in [0.15, 0.2) is 18.2 Å². The minimum atomic E-state index is -0.820. The van der Waals surface area contributed by atoms with Crippen LogP contribution < -0.4 is 15.4 Å². The van der Waals surface area contributed by atoms with Crippen LogP contribution in [0.5, 0.6) is 5.75 Å². The Kier molecular flexibility index (Phi) is 8.94. The SMILES string of the molecule is COC(=O)C[C@@H]1C(=O)NCCN1C(=S)NC(=O)CCCOc1ccc(Cl)cc1Cl. The number of amides is 2. The number of piperazine rings is 1. The fraction of sp³-hybridized carbons (Fsp3) is 0.444. The first-order valence-corrected chi connectivity index (χ1v) is 10.0. The first-order chi connectivity index (χ1) is 13.8. The first-order valence-electron chi connectivity index (χ1n) is 8.84. The van der Waals surface area contributed by atoms with Gasteiger partial charge < -0.3 is 25.0 Å². The van der Waals surface area contributed by atoms with E-state index < -0.39 is 12.0 Å². The zero-order valence-electron chi connectivity index (χ0n) is 15.7. The summed E-state index contributed by atoms with van der Waals surface area (Å²) in [5, 5.41) is 6.26. The fourth-order valence-corrected chi connectivity index (χ4v) is 3.46. The summed E-state index contributed by atoms with van der Waals surface area (Å²) in [6.45, 7) is 1.02. The summed E-state index contributed by atoms with van der Waals surface area (Å²) < 4.78 is 10.2. The Balaban J connectivity index is 1.80. The topological polar surface area (TPSA) is 97.0 Å². The highest BCUT2D eigenvalue weighted by Gasteiger charge is 2.33. The molecule has 1 fully saturated rings. The predicted molar refractivity (Wildman–Crippen MR) is 112 cm³/mol. The molecule has 2 amide bonds. The first kappa shape index (κ1) is 23.2. The molecule has 1 aromatic carbocycles. The molecular weight excluding hydrogens is 441 g/mol. The molecule has 0 bridgehead atoms. The van der Waals surface area contributed by atoms with Gasteiger partial charge in [-0.25, -0.2) is 0 Å². The fourth-order valence-electron chi connectivity index (χ4n) is 2.66. The minimum Gasteiger partial charge on any atom is -0.492 e. The van der Waals surface area contributed by atoms with Crippen molar-refractivity contribution in [3.05, 3.63) is 28.2 Å². The van der Waals surface area contributed by atoms with Crippen molar-refractivity contribution in [1.82, 2.24) is 15.5 Å². The molecule has 2 rings (SSSR count). The number of hydrogen-bond donors (Lipinski definition) is 2. The van der Waals surface area contributed by atoms with E-state index in [1.807, 2.05) is 0 Å². The summed E-state index contributed by atoms with van der Waals surface area (Å²) in [4.78, 5) is 37.3. The number of nitrogens with one attached hydrogen (secondary N) is 2. The van der Waals surface area contributed by atoms with Crippen molar-refractivity contribution >= 4 is 58.3 Å². The molecule has 1 saturated heterocycles. The summed E-state index contributed by atoms with van der Waals surface area (Å²) >= 11 is 17.1. The van der Waals surface area contributed by atoms with Gasteiger partial charge in [-0.2, -0.15) is 0 Å². The van der Waals surface area contributed by atoms with Crippen LogP contribution >= 0.6 is 35.4 Å². The number of rotatable bonds is 7. The van der Waals surface area contributed by atoms with Crippen molar-refractivity contribution in [2.75, 3.05) is 26.8 Å². The van der Waals surface area contributed by atoms with E-state index in [-0.39, 0.29) is 36.4 Å². The predicted octanol–water partition coefficient (Wildman–Crippen LogP) is 1.92. The van der Waals surface area contributed by atoms with E-state index >= 15 is 0 Å². The van der Waals surface area contributed by atoms with Gasteiger partial charge in [0.25, 0.3) is 0 Å². The van der Waals surface area contributed by atoms with Gasteiger partial charge in [0.05, 0.1) is 25.2 Å². The molecule has 0 radical (unpaired) electrons. The van der Waals surface area contributed by atoms with Crippen LogP contribution in [0.2, 0.25) is 10.0 Å². The molecule has 0 saturated carbocycles. The summed E-state index contributed by atoms with van der Waals surface area (Å²) in [5.74, 6) is -0.712. The third kappa shape index (κ3) is 7.02. The van der Waals surface area contributed by atoms with Crippen LogP contribution in [-0.4, -0.2) is 60.6 Å². The van der Waals surface area contributed by atoms with Crippen molar-refractivity contribution in [1.29, 1.82) is 0 Å². The summed E-state index contributed by atoms with van der Waals surface area (Å²) in [5.41, 5.74) is 0. The van der Waals surface area contributed by atoms with Gasteiger partial charge in [0, 0.05) is 24.5 Å². The van der Waals surface area contributed by atoms with E-state index in [1.165, 1.54) is 12.0 Å². The molecule has 0 aromatic heterocycles. The van der Waals surface area contributed by atoms with Crippen LogP contribution in [0.25, 0.3) is 0 Å². The number of benzene rings is 1. The Morgan fingerprint density at radius 1 is 1.38 bits per heavy atom. The molecular formula is C18H21Cl2N3O5S. The van der Waals surface area contributed by atoms with Gasteiger partial charge >= 0.3 is 5.97 Å². The van der Waals surface area contributed by atoms with Crippen molar-refractivity contribution in [3.8, 4) is 5.75 Å². The number of halogens is 2. The highest BCUT2D eigenvalue weighted by atomic mass is 35.5. The van der Waals surface area contributed by atoms with Gasteiger partial charge in [0.1, 0.15) is 11.8 Å². The summed E-state index contributed by atoms with van der Waals surface area (Å²) in [7, 11) is 1.24. The van der Waals surface area contributed by atoms with E-state index in [1.54, 1.807) is 18.2 Å². The van der Waals surface area contributed by atoms with Gasteiger partial charge in [-0.15, -0.1) is 0 Å². The highest BCUT2D eigenvalue weighted by molar-refractivity contribution is 7.80. The molecule has 0 spiro atoms. The van der Waals surface area contributed by atoms with Crippen LogP contribution in [0.4, 0.5) is 0 Å². The maximum absolute atomic E-state index is 12.2. The van der Waals surface area contributed by atoms with Crippen LogP contribution in [-0.2, 0) is 19.1 Å². The Morgan fingerprint density at radius 2 is 2.14 bits per heavy atom. The van der Waals surface area contributed by atoms with Gasteiger partial charge in [-0.3, -0.25) is 14.4 Å². The number of carbonyl (C=O) groups is 3. The van der Waals surface area contributed by atoms with Gasteiger partial charge in [-0.1, -0.05) is 23.2 Å². The normalized spacial score (nSPS) is 16.0. The number of carbonyl (C=O) groups excluding carboxylic acids is 3.